The highest BCUT2D eigenvalue weighted by atomic mass is 16.2. The maximum Gasteiger partial charge on any atom is 0.261 e. The summed E-state index contributed by atoms with van der Waals surface area (Å²) >= 11 is 0. The number of nitrogens with zero attached hydrogens (tertiary/aromatic N) is 4. The zero-order valence-electron chi connectivity index (χ0n) is 14.0. The van der Waals surface area contributed by atoms with Crippen molar-refractivity contribution in [1.82, 2.24) is 10.2 Å². The largest absolute Gasteiger partial charge is 0.355 e. The first-order valence-electron chi connectivity index (χ1n) is 7.86. The smallest absolute Gasteiger partial charge is 0.261 e. The van der Waals surface area contributed by atoms with Gasteiger partial charge in [-0.1, -0.05) is 23.3 Å². The van der Waals surface area contributed by atoms with Gasteiger partial charge in [0.25, 0.3) is 17.7 Å². The van der Waals surface area contributed by atoms with Crippen molar-refractivity contribution in [3.63, 3.8) is 0 Å². The number of carbonyl (C=O) groups excluding carboxylic acids is 3. The van der Waals surface area contributed by atoms with Gasteiger partial charge in [0.15, 0.2) is 0 Å². The van der Waals surface area contributed by atoms with Crippen LogP contribution in [0.5, 0.6) is 0 Å². The Labute approximate surface area is 149 Å². The topological polar surface area (TPSA) is 115 Å². The standard InChI is InChI=1S/C18H15N5O3/c1-20-16(24)13-7-11(9-21-22-19)6-12(8-13)10-23-17(25)14-4-2-3-5-15(14)18(23)26/h2-8H,9-10H2,1H3,(H,20,24). The molecule has 130 valence electrons. The van der Waals surface area contributed by atoms with Crippen molar-refractivity contribution in [2.75, 3.05) is 7.05 Å². The lowest BCUT2D eigenvalue weighted by Gasteiger charge is -2.15. The van der Waals surface area contributed by atoms with Crippen LogP contribution in [0.25, 0.3) is 10.4 Å². The quantitative estimate of drug-likeness (QED) is 0.387. The van der Waals surface area contributed by atoms with Crippen LogP contribution in [-0.4, -0.2) is 29.7 Å². The molecule has 1 N–H and O–H groups in total. The van der Waals surface area contributed by atoms with Gasteiger partial charge in [0.2, 0.25) is 0 Å². The predicted molar refractivity (Wildman–Crippen MR) is 93.3 cm³/mol. The Bertz CT molecular complexity index is 928. The van der Waals surface area contributed by atoms with Gasteiger partial charge in [0.1, 0.15) is 0 Å². The number of rotatable bonds is 5. The summed E-state index contributed by atoms with van der Waals surface area (Å²) in [6, 6.07) is 11.6. The molecule has 8 nitrogen and oxygen atoms in total. The second-order valence-corrected chi connectivity index (χ2v) is 5.75. The van der Waals surface area contributed by atoms with Gasteiger partial charge in [-0.3, -0.25) is 19.3 Å². The molecule has 3 rings (SSSR count). The molecule has 0 fully saturated rings. The molecule has 3 amide bonds. The predicted octanol–water partition coefficient (Wildman–Crippen LogP) is 2.65. The van der Waals surface area contributed by atoms with E-state index >= 15 is 0 Å². The molecule has 1 aliphatic rings. The van der Waals surface area contributed by atoms with E-state index in [1.165, 1.54) is 7.05 Å². The molecule has 0 aliphatic carbocycles. The number of hydrogen-bond donors (Lipinski definition) is 1. The van der Waals surface area contributed by atoms with Crippen LogP contribution in [0.4, 0.5) is 0 Å². The Kier molecular flexibility index (Phi) is 4.68. The first-order chi connectivity index (χ1) is 12.5. The Morgan fingerprint density at radius 1 is 1.12 bits per heavy atom. The number of nitrogens with one attached hydrogen (secondary N) is 1. The minimum Gasteiger partial charge on any atom is -0.355 e. The third-order valence-electron chi connectivity index (χ3n) is 4.08. The van der Waals surface area contributed by atoms with Gasteiger partial charge in [0, 0.05) is 17.5 Å². The van der Waals surface area contributed by atoms with Crippen molar-refractivity contribution >= 4 is 17.7 Å². The van der Waals surface area contributed by atoms with Crippen molar-refractivity contribution in [2.45, 2.75) is 13.1 Å². The Morgan fingerprint density at radius 3 is 2.31 bits per heavy atom. The fourth-order valence-corrected chi connectivity index (χ4v) is 2.90. The molecule has 8 heteroatoms. The summed E-state index contributed by atoms with van der Waals surface area (Å²) in [4.78, 5) is 40.8. The van der Waals surface area contributed by atoms with Crippen molar-refractivity contribution in [2.24, 2.45) is 5.11 Å². The zero-order valence-corrected chi connectivity index (χ0v) is 14.0. The lowest BCUT2D eigenvalue weighted by molar-refractivity contribution is 0.0642. The minimum atomic E-state index is -0.368. The monoisotopic (exact) mass is 349 g/mol. The number of fused-ring (bicyclic) bond motifs is 1. The number of azide groups is 1. The molecule has 0 bridgehead atoms. The van der Waals surface area contributed by atoms with Gasteiger partial charge in [0.05, 0.1) is 24.2 Å². The molecule has 0 saturated carbocycles. The molecule has 0 saturated heterocycles. The van der Waals surface area contributed by atoms with Gasteiger partial charge < -0.3 is 5.32 Å². The van der Waals surface area contributed by atoms with Gasteiger partial charge in [-0.2, -0.15) is 0 Å². The van der Waals surface area contributed by atoms with Crippen LogP contribution < -0.4 is 5.32 Å². The van der Waals surface area contributed by atoms with E-state index in [2.05, 4.69) is 15.3 Å². The molecular formula is C18H15N5O3. The fraction of sp³-hybridized carbons (Fsp3) is 0.167. The molecule has 0 atom stereocenters. The first kappa shape index (κ1) is 17.2. The summed E-state index contributed by atoms with van der Waals surface area (Å²) in [5.41, 5.74) is 10.8. The number of benzene rings is 2. The van der Waals surface area contributed by atoms with Crippen LogP contribution in [0.2, 0.25) is 0 Å². The van der Waals surface area contributed by atoms with Crippen LogP contribution in [0.3, 0.4) is 0 Å². The van der Waals surface area contributed by atoms with Crippen molar-refractivity contribution < 1.29 is 14.4 Å². The summed E-state index contributed by atoms with van der Waals surface area (Å²) in [5.74, 6) is -1.04. The lowest BCUT2D eigenvalue weighted by Crippen LogP contribution is -2.29. The Morgan fingerprint density at radius 2 is 1.73 bits per heavy atom. The average Bonchev–Trinajstić information content (AvgIpc) is 2.91. The van der Waals surface area contributed by atoms with E-state index in [0.717, 1.165) is 4.90 Å². The summed E-state index contributed by atoms with van der Waals surface area (Å²) in [7, 11) is 1.51. The molecule has 2 aromatic rings. The van der Waals surface area contributed by atoms with E-state index in [1.807, 2.05) is 0 Å². The van der Waals surface area contributed by atoms with Gasteiger partial charge in [-0.05, 0) is 40.9 Å². The summed E-state index contributed by atoms with van der Waals surface area (Å²) < 4.78 is 0. The highest BCUT2D eigenvalue weighted by Crippen LogP contribution is 2.25. The highest BCUT2D eigenvalue weighted by Gasteiger charge is 2.35. The van der Waals surface area contributed by atoms with E-state index in [0.29, 0.717) is 27.8 Å². The number of imide groups is 1. The van der Waals surface area contributed by atoms with Crippen molar-refractivity contribution in [3.05, 3.63) is 80.7 Å². The average molecular weight is 349 g/mol. The van der Waals surface area contributed by atoms with Crippen molar-refractivity contribution in [3.8, 4) is 0 Å². The molecule has 1 heterocycles. The van der Waals surface area contributed by atoms with Crippen LogP contribution in [-0.2, 0) is 13.1 Å². The minimum absolute atomic E-state index is 0.0282. The molecule has 0 radical (unpaired) electrons. The molecule has 1 aliphatic heterocycles. The third-order valence-corrected chi connectivity index (χ3v) is 4.08. The SMILES string of the molecule is CNC(=O)c1cc(CN=[N+]=[N-])cc(CN2C(=O)c3ccccc3C2=O)c1. The van der Waals surface area contributed by atoms with Gasteiger partial charge in [-0.15, -0.1) is 0 Å². The highest BCUT2D eigenvalue weighted by molar-refractivity contribution is 6.21. The first-order valence-corrected chi connectivity index (χ1v) is 7.86. The van der Waals surface area contributed by atoms with Gasteiger partial charge >= 0.3 is 0 Å². The second kappa shape index (κ2) is 7.08. The number of hydrogen-bond acceptors (Lipinski definition) is 4. The number of carbonyl (C=O) groups is 3. The molecular weight excluding hydrogens is 334 g/mol. The molecule has 0 unspecified atom stereocenters. The molecule has 0 aromatic heterocycles. The summed E-state index contributed by atoms with van der Waals surface area (Å²) in [6.07, 6.45) is 0. The van der Waals surface area contributed by atoms with E-state index < -0.39 is 0 Å². The maximum atomic E-state index is 12.5. The molecule has 26 heavy (non-hydrogen) atoms. The molecule has 0 spiro atoms. The van der Waals surface area contributed by atoms with E-state index in [-0.39, 0.29) is 30.8 Å². The number of amides is 3. The maximum absolute atomic E-state index is 12.5. The van der Waals surface area contributed by atoms with Crippen LogP contribution in [0.15, 0.2) is 47.6 Å². The third kappa shape index (κ3) is 3.13. The zero-order chi connectivity index (χ0) is 18.7. The van der Waals surface area contributed by atoms with E-state index in [4.69, 9.17) is 5.53 Å². The van der Waals surface area contributed by atoms with Crippen LogP contribution in [0.1, 0.15) is 42.2 Å². The normalized spacial score (nSPS) is 12.6. The van der Waals surface area contributed by atoms with Crippen molar-refractivity contribution in [1.29, 1.82) is 0 Å². The summed E-state index contributed by atoms with van der Waals surface area (Å²) in [5, 5.41) is 6.03. The van der Waals surface area contributed by atoms with E-state index in [9.17, 15) is 14.4 Å². The lowest BCUT2D eigenvalue weighted by atomic mass is 10.0. The summed E-state index contributed by atoms with van der Waals surface area (Å²) in [6.45, 7) is 0.0941. The van der Waals surface area contributed by atoms with Crippen LogP contribution in [0, 0.1) is 0 Å². The fourth-order valence-electron chi connectivity index (χ4n) is 2.90. The van der Waals surface area contributed by atoms with Crippen LogP contribution >= 0.6 is 0 Å². The Balaban J connectivity index is 1.94. The second-order valence-electron chi connectivity index (χ2n) is 5.75. The van der Waals surface area contributed by atoms with Gasteiger partial charge in [-0.25, -0.2) is 0 Å². The van der Waals surface area contributed by atoms with E-state index in [1.54, 1.807) is 42.5 Å². The Hall–Kier alpha value is -3.64. The molecule has 2 aromatic carbocycles.